The first-order chi connectivity index (χ1) is 10.5. The highest BCUT2D eigenvalue weighted by molar-refractivity contribution is 5.38. The van der Waals surface area contributed by atoms with Crippen LogP contribution in [0.2, 0.25) is 0 Å². The molecule has 0 unspecified atom stereocenters. The van der Waals surface area contributed by atoms with Crippen LogP contribution < -0.4 is 0 Å². The molecule has 3 nitrogen and oxygen atoms in total. The van der Waals surface area contributed by atoms with Gasteiger partial charge in [-0.3, -0.25) is 4.68 Å². The molecule has 2 aliphatic carbocycles. The third-order valence-electron chi connectivity index (χ3n) is 4.38. The van der Waals surface area contributed by atoms with Crippen LogP contribution in [0, 0.1) is 0 Å². The van der Waals surface area contributed by atoms with Crippen LogP contribution in [0.15, 0.2) is 0 Å². The smallest absolute Gasteiger partial charge is 0.382 e. The second-order valence-electron chi connectivity index (χ2n) is 5.99. The molecule has 1 saturated carbocycles. The van der Waals surface area contributed by atoms with Gasteiger partial charge in [-0.25, -0.2) is 17.6 Å². The van der Waals surface area contributed by atoms with E-state index < -0.39 is 66.4 Å². The molecule has 0 saturated heterocycles. The Bertz CT molecular complexity index is 612. The van der Waals surface area contributed by atoms with Gasteiger partial charge in [0.1, 0.15) is 18.4 Å². The van der Waals surface area contributed by atoms with Gasteiger partial charge >= 0.3 is 6.18 Å². The van der Waals surface area contributed by atoms with Crippen molar-refractivity contribution in [3.05, 3.63) is 17.0 Å². The molecule has 0 spiro atoms. The van der Waals surface area contributed by atoms with E-state index in [2.05, 4.69) is 5.10 Å². The van der Waals surface area contributed by atoms with Crippen LogP contribution in [0.1, 0.15) is 48.4 Å². The van der Waals surface area contributed by atoms with Crippen molar-refractivity contribution in [2.75, 3.05) is 0 Å². The van der Waals surface area contributed by atoms with Crippen molar-refractivity contribution in [1.82, 2.24) is 9.78 Å². The second-order valence-corrected chi connectivity index (χ2v) is 5.99. The molecular formula is C13H13F7N2O. The number of hydrogen-bond acceptors (Lipinski definition) is 2. The maximum absolute atomic E-state index is 14.0. The quantitative estimate of drug-likeness (QED) is 0.790. The first kappa shape index (κ1) is 16.5. The fraction of sp³-hybridized carbons (Fsp3) is 0.769. The zero-order valence-corrected chi connectivity index (χ0v) is 11.6. The zero-order valence-electron chi connectivity index (χ0n) is 11.6. The number of rotatable bonds is 1. The minimum Gasteiger partial charge on any atom is -0.382 e. The first-order valence-electron chi connectivity index (χ1n) is 7.05. The molecule has 0 radical (unpaired) electrons. The lowest BCUT2D eigenvalue weighted by Crippen LogP contribution is -2.32. The number of alkyl halides is 7. The highest BCUT2D eigenvalue weighted by Gasteiger charge is 2.55. The van der Waals surface area contributed by atoms with Crippen LogP contribution in [0.4, 0.5) is 30.7 Å². The second kappa shape index (κ2) is 5.09. The average Bonchev–Trinajstić information content (AvgIpc) is 2.86. The Labute approximate surface area is 126 Å². The Hall–Kier alpha value is -1.32. The molecule has 1 aromatic heterocycles. The van der Waals surface area contributed by atoms with Crippen molar-refractivity contribution in [2.24, 2.45) is 0 Å². The number of fused-ring (bicyclic) bond motifs is 1. The average molecular weight is 346 g/mol. The summed E-state index contributed by atoms with van der Waals surface area (Å²) in [6.45, 7) is 0. The van der Waals surface area contributed by atoms with Crippen molar-refractivity contribution in [3.63, 3.8) is 0 Å². The molecule has 0 amide bonds. The van der Waals surface area contributed by atoms with Gasteiger partial charge in [-0.15, -0.1) is 0 Å². The van der Waals surface area contributed by atoms with Crippen molar-refractivity contribution in [1.29, 1.82) is 0 Å². The van der Waals surface area contributed by atoms with E-state index in [1.54, 1.807) is 0 Å². The maximum Gasteiger partial charge on any atom is 0.435 e. The molecule has 23 heavy (non-hydrogen) atoms. The molecule has 3 rings (SSSR count). The molecular weight excluding hydrogens is 333 g/mol. The van der Waals surface area contributed by atoms with Gasteiger partial charge in [-0.05, 0) is 12.8 Å². The third kappa shape index (κ3) is 2.60. The summed E-state index contributed by atoms with van der Waals surface area (Å²) in [6.07, 6.45) is -12.8. The van der Waals surface area contributed by atoms with E-state index in [1.807, 2.05) is 0 Å². The molecule has 2 aliphatic rings. The molecule has 10 heteroatoms. The van der Waals surface area contributed by atoms with E-state index in [9.17, 15) is 35.8 Å². The Kier molecular flexibility index (Phi) is 3.66. The first-order valence-corrected chi connectivity index (χ1v) is 7.05. The van der Waals surface area contributed by atoms with Crippen molar-refractivity contribution < 1.29 is 35.8 Å². The molecule has 1 aromatic rings. The van der Waals surface area contributed by atoms with E-state index in [1.165, 1.54) is 0 Å². The largest absolute Gasteiger partial charge is 0.435 e. The molecule has 4 atom stereocenters. The molecule has 0 aromatic carbocycles. The minimum atomic E-state index is -5.06. The molecule has 0 aliphatic heterocycles. The van der Waals surface area contributed by atoms with Crippen LogP contribution in [0.5, 0.6) is 0 Å². The summed E-state index contributed by atoms with van der Waals surface area (Å²) in [6, 6.07) is -1.24. The molecule has 1 N–H and O–H groups in total. The zero-order chi connectivity index (χ0) is 17.2. The van der Waals surface area contributed by atoms with Crippen LogP contribution in [0.25, 0.3) is 0 Å². The van der Waals surface area contributed by atoms with Crippen molar-refractivity contribution in [3.8, 4) is 0 Å². The van der Waals surface area contributed by atoms with E-state index in [-0.39, 0.29) is 12.8 Å². The topological polar surface area (TPSA) is 38.1 Å². The number of aliphatic hydroxyl groups excluding tert-OH is 1. The molecule has 1 fully saturated rings. The summed E-state index contributed by atoms with van der Waals surface area (Å²) in [4.78, 5) is 0. The highest BCUT2D eigenvalue weighted by Crippen LogP contribution is 2.49. The summed E-state index contributed by atoms with van der Waals surface area (Å²) in [5.41, 5.74) is -3.16. The summed E-state index contributed by atoms with van der Waals surface area (Å²) in [5, 5.41) is 12.8. The summed E-state index contributed by atoms with van der Waals surface area (Å²) < 4.78 is 94.1. The SMILES string of the molecule is O[C@H]1c2c(C(F)(F)F)nn([C@@H]3CC[C@@H](F)C[C@H]3F)c2CC1(F)F. The summed E-state index contributed by atoms with van der Waals surface area (Å²) in [7, 11) is 0. The van der Waals surface area contributed by atoms with E-state index in [0.717, 1.165) is 0 Å². The van der Waals surface area contributed by atoms with Crippen LogP contribution in [-0.2, 0) is 12.6 Å². The van der Waals surface area contributed by atoms with Gasteiger partial charge in [0.2, 0.25) is 0 Å². The number of hydrogen-bond donors (Lipinski definition) is 1. The van der Waals surface area contributed by atoms with Gasteiger partial charge in [0.05, 0.1) is 18.2 Å². The normalized spacial score (nSPS) is 33.7. The number of nitrogens with zero attached hydrogens (tertiary/aromatic N) is 2. The van der Waals surface area contributed by atoms with Gasteiger partial charge in [0, 0.05) is 12.0 Å². The Morgan fingerprint density at radius 3 is 2.39 bits per heavy atom. The summed E-state index contributed by atoms with van der Waals surface area (Å²) in [5.74, 6) is -3.78. The van der Waals surface area contributed by atoms with E-state index in [0.29, 0.717) is 4.68 Å². The Balaban J connectivity index is 2.08. The van der Waals surface area contributed by atoms with Gasteiger partial charge in [-0.2, -0.15) is 18.3 Å². The lowest BCUT2D eigenvalue weighted by atomic mass is 9.92. The monoisotopic (exact) mass is 346 g/mol. The highest BCUT2D eigenvalue weighted by atomic mass is 19.4. The fourth-order valence-corrected chi connectivity index (χ4v) is 3.29. The summed E-state index contributed by atoms with van der Waals surface area (Å²) >= 11 is 0. The molecule has 130 valence electrons. The predicted octanol–water partition coefficient (Wildman–Crippen LogP) is 3.53. The number of aliphatic hydroxyl groups is 1. The number of halogens is 7. The van der Waals surface area contributed by atoms with Gasteiger partial charge in [0.25, 0.3) is 5.92 Å². The lowest BCUT2D eigenvalue weighted by molar-refractivity contribution is -0.146. The fourth-order valence-electron chi connectivity index (χ4n) is 3.29. The minimum absolute atomic E-state index is 0.0833. The van der Waals surface area contributed by atoms with Gasteiger partial charge in [0.15, 0.2) is 5.69 Å². The van der Waals surface area contributed by atoms with Crippen LogP contribution in [-0.4, -0.2) is 33.2 Å². The maximum atomic E-state index is 14.0. The molecule has 0 bridgehead atoms. The van der Waals surface area contributed by atoms with Crippen LogP contribution >= 0.6 is 0 Å². The Morgan fingerprint density at radius 1 is 1.17 bits per heavy atom. The van der Waals surface area contributed by atoms with Gasteiger partial charge in [-0.1, -0.05) is 0 Å². The Morgan fingerprint density at radius 2 is 1.83 bits per heavy atom. The van der Waals surface area contributed by atoms with E-state index in [4.69, 9.17) is 0 Å². The van der Waals surface area contributed by atoms with Crippen molar-refractivity contribution >= 4 is 0 Å². The predicted molar refractivity (Wildman–Crippen MR) is 63.5 cm³/mol. The standard InChI is InChI=1S/C13H13F7N2O/c14-5-1-2-7(6(15)3-5)22-8-4-12(16,17)11(23)9(8)10(21-22)13(18,19)20/h5-7,11,23H,1-4H2/t5-,6-,7-,11+/m1/s1. The van der Waals surface area contributed by atoms with Gasteiger partial charge < -0.3 is 5.11 Å². The van der Waals surface area contributed by atoms with Crippen molar-refractivity contribution in [2.45, 2.75) is 62.3 Å². The lowest BCUT2D eigenvalue weighted by Gasteiger charge is -2.29. The van der Waals surface area contributed by atoms with Crippen LogP contribution in [0.3, 0.4) is 0 Å². The number of aromatic nitrogens is 2. The third-order valence-corrected chi connectivity index (χ3v) is 4.38. The van der Waals surface area contributed by atoms with E-state index >= 15 is 0 Å². The molecule has 1 heterocycles.